The number of nitrogens with one attached hydrogen (secondary N) is 1. The lowest BCUT2D eigenvalue weighted by Crippen LogP contribution is -2.05. The van der Waals surface area contributed by atoms with Gasteiger partial charge >= 0.3 is 5.69 Å². The molecule has 0 aliphatic rings. The smallest absolute Gasteiger partial charge is 0.311 e. The molecule has 0 atom stereocenters. The summed E-state index contributed by atoms with van der Waals surface area (Å²) < 4.78 is 5.30. The SMILES string of the molecule is CCOc1cc(NCCc2nccs2)ccc1[N+](=O)[O-]. The molecule has 0 amide bonds. The summed E-state index contributed by atoms with van der Waals surface area (Å²) in [5.74, 6) is 0.289. The fourth-order valence-electron chi connectivity index (χ4n) is 1.74. The summed E-state index contributed by atoms with van der Waals surface area (Å²) in [6.07, 6.45) is 2.59. The first-order chi connectivity index (χ1) is 9.70. The van der Waals surface area contributed by atoms with E-state index >= 15 is 0 Å². The molecule has 7 heteroatoms. The fourth-order valence-corrected chi connectivity index (χ4v) is 2.36. The summed E-state index contributed by atoms with van der Waals surface area (Å²) in [4.78, 5) is 14.6. The second kappa shape index (κ2) is 6.85. The molecule has 0 saturated heterocycles. The predicted molar refractivity (Wildman–Crippen MR) is 78.6 cm³/mol. The zero-order valence-corrected chi connectivity index (χ0v) is 11.9. The van der Waals surface area contributed by atoms with Gasteiger partial charge in [0, 0.05) is 42.4 Å². The Labute approximate surface area is 120 Å². The van der Waals surface area contributed by atoms with Crippen molar-refractivity contribution in [1.82, 2.24) is 4.98 Å². The highest BCUT2D eigenvalue weighted by Gasteiger charge is 2.15. The van der Waals surface area contributed by atoms with Gasteiger partial charge in [-0.15, -0.1) is 11.3 Å². The fraction of sp³-hybridized carbons (Fsp3) is 0.308. The van der Waals surface area contributed by atoms with E-state index < -0.39 is 4.92 Å². The van der Waals surface area contributed by atoms with E-state index in [0.29, 0.717) is 6.61 Å². The number of anilines is 1. The molecule has 1 aromatic heterocycles. The highest BCUT2D eigenvalue weighted by molar-refractivity contribution is 7.09. The van der Waals surface area contributed by atoms with Crippen molar-refractivity contribution in [2.24, 2.45) is 0 Å². The van der Waals surface area contributed by atoms with Gasteiger partial charge in [-0.3, -0.25) is 10.1 Å². The van der Waals surface area contributed by atoms with Crippen LogP contribution in [0.25, 0.3) is 0 Å². The van der Waals surface area contributed by atoms with Gasteiger partial charge in [-0.1, -0.05) is 0 Å². The van der Waals surface area contributed by atoms with Crippen molar-refractivity contribution < 1.29 is 9.66 Å². The van der Waals surface area contributed by atoms with Crippen molar-refractivity contribution in [3.05, 3.63) is 44.9 Å². The first-order valence-corrected chi connectivity index (χ1v) is 7.12. The van der Waals surface area contributed by atoms with Gasteiger partial charge in [-0.05, 0) is 13.0 Å². The van der Waals surface area contributed by atoms with Crippen molar-refractivity contribution >= 4 is 22.7 Å². The summed E-state index contributed by atoms with van der Waals surface area (Å²) in [5, 5.41) is 17.1. The van der Waals surface area contributed by atoms with Crippen LogP contribution >= 0.6 is 11.3 Å². The Bertz CT molecular complexity index is 572. The van der Waals surface area contributed by atoms with E-state index in [1.54, 1.807) is 36.6 Å². The van der Waals surface area contributed by atoms with Crippen LogP contribution in [0, 0.1) is 10.1 Å². The molecule has 20 heavy (non-hydrogen) atoms. The van der Waals surface area contributed by atoms with Crippen molar-refractivity contribution in [1.29, 1.82) is 0 Å². The predicted octanol–water partition coefficient (Wildman–Crippen LogP) is 3.10. The third-order valence-corrected chi connectivity index (χ3v) is 3.45. The maximum Gasteiger partial charge on any atom is 0.311 e. The number of aromatic nitrogens is 1. The Kier molecular flexibility index (Phi) is 4.89. The summed E-state index contributed by atoms with van der Waals surface area (Å²) in [7, 11) is 0. The monoisotopic (exact) mass is 293 g/mol. The van der Waals surface area contributed by atoms with Crippen LogP contribution in [-0.2, 0) is 6.42 Å². The van der Waals surface area contributed by atoms with Gasteiger partial charge in [-0.25, -0.2) is 4.98 Å². The maximum atomic E-state index is 10.9. The Morgan fingerprint density at radius 3 is 3.00 bits per heavy atom. The Hall–Kier alpha value is -2.15. The molecule has 0 fully saturated rings. The second-order valence-corrected chi connectivity index (χ2v) is 4.95. The van der Waals surface area contributed by atoms with E-state index in [0.717, 1.165) is 23.7 Å². The van der Waals surface area contributed by atoms with E-state index in [9.17, 15) is 10.1 Å². The van der Waals surface area contributed by atoms with Gasteiger partial charge in [0.15, 0.2) is 5.75 Å². The lowest BCUT2D eigenvalue weighted by Gasteiger charge is -2.08. The average Bonchev–Trinajstić information content (AvgIpc) is 2.92. The quantitative estimate of drug-likeness (QED) is 0.627. The van der Waals surface area contributed by atoms with Crippen LogP contribution in [0.2, 0.25) is 0 Å². The molecule has 0 aliphatic carbocycles. The van der Waals surface area contributed by atoms with Gasteiger partial charge in [0.05, 0.1) is 16.5 Å². The van der Waals surface area contributed by atoms with E-state index in [4.69, 9.17) is 4.74 Å². The van der Waals surface area contributed by atoms with Crippen molar-refractivity contribution in [3.63, 3.8) is 0 Å². The van der Waals surface area contributed by atoms with Gasteiger partial charge in [-0.2, -0.15) is 0 Å². The molecule has 0 radical (unpaired) electrons. The van der Waals surface area contributed by atoms with Gasteiger partial charge in [0.1, 0.15) is 0 Å². The molecule has 1 aromatic carbocycles. The highest BCUT2D eigenvalue weighted by Crippen LogP contribution is 2.30. The molecule has 0 aliphatic heterocycles. The Morgan fingerprint density at radius 1 is 1.50 bits per heavy atom. The number of thiazole rings is 1. The molecular weight excluding hydrogens is 278 g/mol. The minimum absolute atomic E-state index is 0.0164. The zero-order valence-electron chi connectivity index (χ0n) is 11.0. The van der Waals surface area contributed by atoms with E-state index in [1.165, 1.54) is 6.07 Å². The van der Waals surface area contributed by atoms with Gasteiger partial charge in [0.25, 0.3) is 0 Å². The molecule has 1 N–H and O–H groups in total. The van der Waals surface area contributed by atoms with Crippen LogP contribution in [0.15, 0.2) is 29.8 Å². The Balaban J connectivity index is 2.01. The number of nitro benzene ring substituents is 1. The lowest BCUT2D eigenvalue weighted by atomic mass is 10.2. The van der Waals surface area contributed by atoms with Crippen LogP contribution < -0.4 is 10.1 Å². The molecule has 0 bridgehead atoms. The molecule has 0 saturated carbocycles. The van der Waals surface area contributed by atoms with Gasteiger partial charge < -0.3 is 10.1 Å². The van der Waals surface area contributed by atoms with Crippen molar-refractivity contribution in [3.8, 4) is 5.75 Å². The molecule has 6 nitrogen and oxygen atoms in total. The minimum atomic E-state index is -0.440. The number of rotatable bonds is 7. The molecule has 2 aromatic rings. The first kappa shape index (κ1) is 14.3. The molecule has 106 valence electrons. The molecular formula is C13H15N3O3S. The third kappa shape index (κ3) is 3.67. The van der Waals surface area contributed by atoms with E-state index in [2.05, 4.69) is 10.3 Å². The molecule has 1 heterocycles. The number of benzene rings is 1. The van der Waals surface area contributed by atoms with Crippen LogP contribution in [-0.4, -0.2) is 23.1 Å². The van der Waals surface area contributed by atoms with Crippen LogP contribution in [0.4, 0.5) is 11.4 Å². The number of hydrogen-bond donors (Lipinski definition) is 1. The summed E-state index contributed by atoms with van der Waals surface area (Å²) in [5.41, 5.74) is 0.785. The zero-order chi connectivity index (χ0) is 14.4. The number of nitro groups is 1. The Morgan fingerprint density at radius 2 is 2.35 bits per heavy atom. The van der Waals surface area contributed by atoms with Gasteiger partial charge in [0.2, 0.25) is 0 Å². The normalized spacial score (nSPS) is 10.2. The minimum Gasteiger partial charge on any atom is -0.487 e. The third-order valence-electron chi connectivity index (χ3n) is 2.61. The number of ether oxygens (including phenoxy) is 1. The lowest BCUT2D eigenvalue weighted by molar-refractivity contribution is -0.385. The van der Waals surface area contributed by atoms with Crippen LogP contribution in [0.1, 0.15) is 11.9 Å². The molecule has 2 rings (SSSR count). The summed E-state index contributed by atoms with van der Waals surface area (Å²) in [6.45, 7) is 2.91. The molecule has 0 unspecified atom stereocenters. The summed E-state index contributed by atoms with van der Waals surface area (Å²) >= 11 is 1.61. The van der Waals surface area contributed by atoms with Crippen molar-refractivity contribution in [2.45, 2.75) is 13.3 Å². The second-order valence-electron chi connectivity index (χ2n) is 3.98. The average molecular weight is 293 g/mol. The van der Waals surface area contributed by atoms with Crippen LogP contribution in [0.3, 0.4) is 0 Å². The summed E-state index contributed by atoms with van der Waals surface area (Å²) in [6, 6.07) is 4.79. The van der Waals surface area contributed by atoms with Crippen LogP contribution in [0.5, 0.6) is 5.75 Å². The van der Waals surface area contributed by atoms with E-state index in [1.807, 2.05) is 5.38 Å². The highest BCUT2D eigenvalue weighted by atomic mass is 32.1. The standard InChI is InChI=1S/C13H15N3O3S/c1-2-19-12-9-10(3-4-11(12)16(17)18)14-6-5-13-15-7-8-20-13/h3-4,7-9,14H,2,5-6H2,1H3. The number of nitrogens with zero attached hydrogens (tertiary/aromatic N) is 2. The van der Waals surface area contributed by atoms with Crippen molar-refractivity contribution in [2.75, 3.05) is 18.5 Å². The first-order valence-electron chi connectivity index (χ1n) is 6.24. The molecule has 0 spiro atoms. The number of hydrogen-bond acceptors (Lipinski definition) is 6. The topological polar surface area (TPSA) is 77.3 Å². The largest absolute Gasteiger partial charge is 0.487 e. The van der Waals surface area contributed by atoms with E-state index in [-0.39, 0.29) is 11.4 Å². The maximum absolute atomic E-state index is 10.9.